The van der Waals surface area contributed by atoms with Crippen LogP contribution in [0.2, 0.25) is 0 Å². The number of allylic oxidation sites excluding steroid dienone is 2. The molecule has 1 aromatic carbocycles. The Kier molecular flexibility index (Phi) is 4.88. The van der Waals surface area contributed by atoms with Gasteiger partial charge in [0.1, 0.15) is 11.6 Å². The highest BCUT2D eigenvalue weighted by atomic mass is 19.1. The Balaban J connectivity index is 1.70. The van der Waals surface area contributed by atoms with Crippen LogP contribution in [0, 0.1) is 17.6 Å². The Hall–Kier alpha value is -1.22. The molecule has 1 aliphatic rings. The maximum Gasteiger partial charge on any atom is 0.126 e. The Labute approximate surface area is 107 Å². The van der Waals surface area contributed by atoms with E-state index in [9.17, 15) is 8.78 Å². The highest BCUT2D eigenvalue weighted by Gasteiger charge is 2.08. The normalized spacial score (nSPS) is 19.1. The van der Waals surface area contributed by atoms with Crippen molar-refractivity contribution in [2.75, 3.05) is 13.1 Å². The molecule has 1 aromatic rings. The van der Waals surface area contributed by atoms with E-state index in [1.54, 1.807) is 0 Å². The molecular weight excluding hydrogens is 232 g/mol. The summed E-state index contributed by atoms with van der Waals surface area (Å²) in [5.74, 6) is -0.288. The third-order valence-corrected chi connectivity index (χ3v) is 3.32. The summed E-state index contributed by atoms with van der Waals surface area (Å²) < 4.78 is 25.9. The number of hydrogen-bond donors (Lipinski definition) is 1. The third kappa shape index (κ3) is 4.22. The van der Waals surface area contributed by atoms with Crippen molar-refractivity contribution in [3.05, 3.63) is 47.5 Å². The molecule has 0 radical (unpaired) electrons. The van der Waals surface area contributed by atoms with E-state index in [1.807, 2.05) is 0 Å². The quantitative estimate of drug-likeness (QED) is 0.624. The van der Waals surface area contributed by atoms with Gasteiger partial charge in [0.2, 0.25) is 0 Å². The summed E-state index contributed by atoms with van der Waals surface area (Å²) in [5, 5.41) is 3.36. The largest absolute Gasteiger partial charge is 0.316 e. The van der Waals surface area contributed by atoms with Gasteiger partial charge < -0.3 is 5.32 Å². The van der Waals surface area contributed by atoms with Gasteiger partial charge in [-0.3, -0.25) is 0 Å². The van der Waals surface area contributed by atoms with Crippen LogP contribution in [0.25, 0.3) is 0 Å². The minimum atomic E-state index is -0.498. The van der Waals surface area contributed by atoms with E-state index >= 15 is 0 Å². The molecule has 0 saturated heterocycles. The summed E-state index contributed by atoms with van der Waals surface area (Å²) in [6.45, 7) is 1.76. The van der Waals surface area contributed by atoms with E-state index in [2.05, 4.69) is 17.5 Å². The average Bonchev–Trinajstić information content (AvgIpc) is 2.35. The molecule has 0 amide bonds. The molecule has 1 unspecified atom stereocenters. The van der Waals surface area contributed by atoms with Crippen LogP contribution in [-0.4, -0.2) is 13.1 Å². The second kappa shape index (κ2) is 6.64. The molecule has 2 rings (SSSR count). The lowest BCUT2D eigenvalue weighted by Gasteiger charge is -2.18. The van der Waals surface area contributed by atoms with Crippen molar-refractivity contribution in [2.45, 2.75) is 25.7 Å². The Bertz CT molecular complexity index is 395. The molecule has 1 N–H and O–H groups in total. The van der Waals surface area contributed by atoms with Crippen molar-refractivity contribution in [1.82, 2.24) is 5.32 Å². The second-order valence-electron chi connectivity index (χ2n) is 4.88. The van der Waals surface area contributed by atoms with E-state index in [0.717, 1.165) is 25.6 Å². The fourth-order valence-electron chi connectivity index (χ4n) is 2.34. The number of benzene rings is 1. The van der Waals surface area contributed by atoms with Gasteiger partial charge in [0.15, 0.2) is 0 Å². The van der Waals surface area contributed by atoms with Crippen molar-refractivity contribution >= 4 is 0 Å². The Morgan fingerprint density at radius 2 is 1.89 bits per heavy atom. The predicted molar refractivity (Wildman–Crippen MR) is 69.4 cm³/mol. The van der Waals surface area contributed by atoms with Gasteiger partial charge in [-0.15, -0.1) is 0 Å². The summed E-state index contributed by atoms with van der Waals surface area (Å²) >= 11 is 0. The first-order valence-electron chi connectivity index (χ1n) is 6.55. The van der Waals surface area contributed by atoms with Crippen molar-refractivity contribution in [3.63, 3.8) is 0 Å². The molecule has 0 bridgehead atoms. The van der Waals surface area contributed by atoms with Crippen LogP contribution in [0.1, 0.15) is 24.8 Å². The SMILES string of the molecule is Fc1cc(F)cc(CCNCC2CC=CCC2)c1. The zero-order valence-electron chi connectivity index (χ0n) is 10.5. The molecule has 1 aliphatic carbocycles. The predicted octanol–water partition coefficient (Wildman–Crippen LogP) is 3.45. The van der Waals surface area contributed by atoms with E-state index in [0.29, 0.717) is 17.9 Å². The topological polar surface area (TPSA) is 12.0 Å². The molecule has 0 saturated carbocycles. The van der Waals surface area contributed by atoms with Gasteiger partial charge in [-0.2, -0.15) is 0 Å². The molecule has 98 valence electrons. The average molecular weight is 251 g/mol. The monoisotopic (exact) mass is 251 g/mol. The molecule has 0 heterocycles. The van der Waals surface area contributed by atoms with E-state index in [-0.39, 0.29) is 0 Å². The minimum Gasteiger partial charge on any atom is -0.316 e. The molecule has 0 aliphatic heterocycles. The second-order valence-corrected chi connectivity index (χ2v) is 4.88. The molecule has 1 nitrogen and oxygen atoms in total. The van der Waals surface area contributed by atoms with Gasteiger partial charge in [0.25, 0.3) is 0 Å². The van der Waals surface area contributed by atoms with Gasteiger partial charge in [-0.25, -0.2) is 8.78 Å². The summed E-state index contributed by atoms with van der Waals surface area (Å²) in [5.41, 5.74) is 0.712. The number of hydrogen-bond acceptors (Lipinski definition) is 1. The standard InChI is InChI=1S/C15H19F2N/c16-14-8-13(9-15(17)10-14)6-7-18-11-12-4-2-1-3-5-12/h1-2,8-10,12,18H,3-7,11H2. The molecule has 0 aromatic heterocycles. The Morgan fingerprint density at radius 1 is 1.11 bits per heavy atom. The van der Waals surface area contributed by atoms with E-state index in [4.69, 9.17) is 0 Å². The van der Waals surface area contributed by atoms with Gasteiger partial charge >= 0.3 is 0 Å². The molecule has 0 fully saturated rings. The van der Waals surface area contributed by atoms with Crippen molar-refractivity contribution in [2.24, 2.45) is 5.92 Å². The lowest BCUT2D eigenvalue weighted by molar-refractivity contribution is 0.442. The van der Waals surface area contributed by atoms with Crippen LogP contribution in [0.4, 0.5) is 8.78 Å². The van der Waals surface area contributed by atoms with Crippen LogP contribution in [-0.2, 0) is 6.42 Å². The van der Waals surface area contributed by atoms with E-state index in [1.165, 1.54) is 25.0 Å². The van der Waals surface area contributed by atoms with Gasteiger partial charge in [-0.1, -0.05) is 12.2 Å². The third-order valence-electron chi connectivity index (χ3n) is 3.32. The smallest absolute Gasteiger partial charge is 0.126 e. The molecular formula is C15H19F2N. The molecule has 1 atom stereocenters. The molecule has 3 heteroatoms. The number of halogens is 2. The fourth-order valence-corrected chi connectivity index (χ4v) is 2.34. The van der Waals surface area contributed by atoms with Crippen molar-refractivity contribution in [3.8, 4) is 0 Å². The first kappa shape index (κ1) is 13.2. The fraction of sp³-hybridized carbons (Fsp3) is 0.467. The molecule has 0 spiro atoms. The summed E-state index contributed by atoms with van der Waals surface area (Å²) in [6.07, 6.45) is 8.67. The van der Waals surface area contributed by atoms with Gasteiger partial charge in [0, 0.05) is 6.07 Å². The van der Waals surface area contributed by atoms with Gasteiger partial charge in [0.05, 0.1) is 0 Å². The highest BCUT2D eigenvalue weighted by Crippen LogP contribution is 2.16. The number of nitrogens with one attached hydrogen (secondary N) is 1. The van der Waals surface area contributed by atoms with Crippen LogP contribution in [0.3, 0.4) is 0 Å². The zero-order valence-corrected chi connectivity index (χ0v) is 10.5. The van der Waals surface area contributed by atoms with Crippen molar-refractivity contribution < 1.29 is 8.78 Å². The first-order valence-corrected chi connectivity index (χ1v) is 6.55. The zero-order chi connectivity index (χ0) is 12.8. The molecule has 18 heavy (non-hydrogen) atoms. The Morgan fingerprint density at radius 3 is 2.56 bits per heavy atom. The minimum absolute atomic E-state index is 0.498. The van der Waals surface area contributed by atoms with Crippen LogP contribution < -0.4 is 5.32 Å². The maximum absolute atomic E-state index is 13.0. The lowest BCUT2D eigenvalue weighted by Crippen LogP contribution is -2.25. The van der Waals surface area contributed by atoms with Gasteiger partial charge in [-0.05, 0) is 62.4 Å². The summed E-state index contributed by atoms with van der Waals surface area (Å²) in [6, 6.07) is 3.70. The lowest BCUT2D eigenvalue weighted by atomic mass is 9.94. The maximum atomic E-state index is 13.0. The number of rotatable bonds is 5. The summed E-state index contributed by atoms with van der Waals surface area (Å²) in [4.78, 5) is 0. The highest BCUT2D eigenvalue weighted by molar-refractivity contribution is 5.18. The van der Waals surface area contributed by atoms with Crippen LogP contribution >= 0.6 is 0 Å². The van der Waals surface area contributed by atoms with Crippen molar-refractivity contribution in [1.29, 1.82) is 0 Å². The van der Waals surface area contributed by atoms with Crippen LogP contribution in [0.15, 0.2) is 30.4 Å². The van der Waals surface area contributed by atoms with E-state index < -0.39 is 11.6 Å². The summed E-state index contributed by atoms with van der Waals surface area (Å²) in [7, 11) is 0. The van der Waals surface area contributed by atoms with Crippen LogP contribution in [0.5, 0.6) is 0 Å². The first-order chi connectivity index (χ1) is 8.74.